The van der Waals surface area contributed by atoms with Crippen molar-refractivity contribution in [2.24, 2.45) is 5.73 Å². The number of carboxylic acid groups (broad SMARTS) is 1. The molecule has 0 fully saturated rings. The summed E-state index contributed by atoms with van der Waals surface area (Å²) >= 11 is 0. The van der Waals surface area contributed by atoms with Crippen molar-refractivity contribution in [1.29, 1.82) is 0 Å². The maximum absolute atomic E-state index is 11.7. The smallest absolute Gasteiger partial charge is 0.335 e. The molecule has 0 aliphatic carbocycles. The first-order chi connectivity index (χ1) is 9.15. The zero-order chi connectivity index (χ0) is 14.1. The average Bonchev–Trinajstić information content (AvgIpc) is 2.42. The molecular formula is C14H20N2O3. The van der Waals surface area contributed by atoms with Gasteiger partial charge in [0, 0.05) is 12.1 Å². The van der Waals surface area contributed by atoms with Gasteiger partial charge in [-0.2, -0.15) is 0 Å². The van der Waals surface area contributed by atoms with Gasteiger partial charge in [-0.15, -0.1) is 0 Å². The third-order valence-electron chi connectivity index (χ3n) is 2.81. The lowest BCUT2D eigenvalue weighted by atomic mass is 10.1. The fourth-order valence-electron chi connectivity index (χ4n) is 1.69. The predicted octanol–water partition coefficient (Wildman–Crippen LogP) is 1.63. The van der Waals surface area contributed by atoms with Gasteiger partial charge in [0.2, 0.25) is 0 Å². The summed E-state index contributed by atoms with van der Waals surface area (Å²) in [4.78, 5) is 22.4. The zero-order valence-corrected chi connectivity index (χ0v) is 10.9. The summed E-state index contributed by atoms with van der Waals surface area (Å²) in [6, 6.07) is 5.90. The van der Waals surface area contributed by atoms with E-state index >= 15 is 0 Å². The number of nitrogens with two attached hydrogens (primary N) is 1. The van der Waals surface area contributed by atoms with Crippen molar-refractivity contribution >= 4 is 11.9 Å². The van der Waals surface area contributed by atoms with Crippen LogP contribution in [0.15, 0.2) is 24.3 Å². The number of hydrogen-bond acceptors (Lipinski definition) is 3. The molecule has 0 heterocycles. The highest BCUT2D eigenvalue weighted by Crippen LogP contribution is 2.04. The van der Waals surface area contributed by atoms with E-state index in [-0.39, 0.29) is 11.5 Å². The van der Waals surface area contributed by atoms with Gasteiger partial charge < -0.3 is 16.2 Å². The highest BCUT2D eigenvalue weighted by molar-refractivity contribution is 5.95. The largest absolute Gasteiger partial charge is 0.478 e. The summed E-state index contributed by atoms with van der Waals surface area (Å²) in [6.45, 7) is 1.34. The third kappa shape index (κ3) is 5.52. The van der Waals surface area contributed by atoms with Crippen LogP contribution in [0.25, 0.3) is 0 Å². The molecule has 0 atom stereocenters. The molecule has 0 saturated carbocycles. The van der Waals surface area contributed by atoms with E-state index in [2.05, 4.69) is 5.32 Å². The zero-order valence-electron chi connectivity index (χ0n) is 10.9. The minimum Gasteiger partial charge on any atom is -0.478 e. The highest BCUT2D eigenvalue weighted by Gasteiger charge is 2.06. The summed E-state index contributed by atoms with van der Waals surface area (Å²) in [7, 11) is 0. The van der Waals surface area contributed by atoms with Gasteiger partial charge in [0.15, 0.2) is 0 Å². The number of carbonyl (C=O) groups is 2. The molecule has 4 N–H and O–H groups in total. The Balaban J connectivity index is 2.31. The lowest BCUT2D eigenvalue weighted by Gasteiger charge is -2.05. The van der Waals surface area contributed by atoms with Crippen molar-refractivity contribution in [1.82, 2.24) is 5.32 Å². The molecule has 0 aromatic heterocycles. The summed E-state index contributed by atoms with van der Waals surface area (Å²) in [5.74, 6) is -1.16. The number of hydrogen-bond donors (Lipinski definition) is 3. The van der Waals surface area contributed by atoms with Gasteiger partial charge in [-0.05, 0) is 43.7 Å². The van der Waals surface area contributed by atoms with E-state index in [0.717, 1.165) is 25.7 Å². The second-order valence-corrected chi connectivity index (χ2v) is 4.34. The molecule has 0 saturated heterocycles. The molecule has 0 radical (unpaired) electrons. The Kier molecular flexibility index (Phi) is 6.60. The summed E-state index contributed by atoms with van der Waals surface area (Å²) < 4.78 is 0. The van der Waals surface area contributed by atoms with Crippen molar-refractivity contribution in [3.8, 4) is 0 Å². The molecule has 0 aliphatic rings. The van der Waals surface area contributed by atoms with Crippen molar-refractivity contribution < 1.29 is 14.7 Å². The van der Waals surface area contributed by atoms with E-state index in [1.165, 1.54) is 24.3 Å². The first-order valence-electron chi connectivity index (χ1n) is 6.47. The number of carbonyl (C=O) groups excluding carboxylic acids is 1. The van der Waals surface area contributed by atoms with Crippen LogP contribution in [0.1, 0.15) is 46.4 Å². The highest BCUT2D eigenvalue weighted by atomic mass is 16.4. The molecule has 104 valence electrons. The lowest BCUT2D eigenvalue weighted by Crippen LogP contribution is -2.24. The molecule has 1 aromatic rings. The van der Waals surface area contributed by atoms with Crippen molar-refractivity contribution in [3.63, 3.8) is 0 Å². The molecule has 19 heavy (non-hydrogen) atoms. The van der Waals surface area contributed by atoms with Gasteiger partial charge in [-0.1, -0.05) is 12.8 Å². The van der Waals surface area contributed by atoms with Crippen LogP contribution in [0.4, 0.5) is 0 Å². The molecule has 5 nitrogen and oxygen atoms in total. The first-order valence-corrected chi connectivity index (χ1v) is 6.47. The Morgan fingerprint density at radius 1 is 1.00 bits per heavy atom. The Morgan fingerprint density at radius 2 is 1.58 bits per heavy atom. The SMILES string of the molecule is NCCCCCCNC(=O)c1ccc(C(=O)O)cc1. The molecule has 1 aromatic carbocycles. The van der Waals surface area contributed by atoms with Crippen LogP contribution in [0.5, 0.6) is 0 Å². The topological polar surface area (TPSA) is 92.4 Å². The number of carboxylic acids is 1. The Morgan fingerprint density at radius 3 is 2.16 bits per heavy atom. The van der Waals surface area contributed by atoms with Gasteiger partial charge in [-0.3, -0.25) is 4.79 Å². The number of amides is 1. The van der Waals surface area contributed by atoms with E-state index in [1.807, 2.05) is 0 Å². The Labute approximate surface area is 112 Å². The molecule has 0 unspecified atom stereocenters. The number of benzene rings is 1. The molecule has 1 amide bonds. The van der Waals surface area contributed by atoms with Gasteiger partial charge >= 0.3 is 5.97 Å². The number of aromatic carboxylic acids is 1. The number of nitrogens with one attached hydrogen (secondary N) is 1. The average molecular weight is 264 g/mol. The minimum atomic E-state index is -0.994. The van der Waals surface area contributed by atoms with Crippen LogP contribution in [-0.4, -0.2) is 30.1 Å². The molecule has 0 spiro atoms. The van der Waals surface area contributed by atoms with E-state index < -0.39 is 5.97 Å². The van der Waals surface area contributed by atoms with Gasteiger partial charge in [-0.25, -0.2) is 4.79 Å². The van der Waals surface area contributed by atoms with Crippen molar-refractivity contribution in [2.45, 2.75) is 25.7 Å². The van der Waals surface area contributed by atoms with Gasteiger partial charge in [0.1, 0.15) is 0 Å². The van der Waals surface area contributed by atoms with Crippen LogP contribution in [0.3, 0.4) is 0 Å². The van der Waals surface area contributed by atoms with E-state index in [1.54, 1.807) is 0 Å². The van der Waals surface area contributed by atoms with Crippen LogP contribution in [0, 0.1) is 0 Å². The second kappa shape index (κ2) is 8.26. The number of unbranched alkanes of at least 4 members (excludes halogenated alkanes) is 3. The molecule has 0 bridgehead atoms. The fourth-order valence-corrected chi connectivity index (χ4v) is 1.69. The monoisotopic (exact) mass is 264 g/mol. The first kappa shape index (κ1) is 15.2. The van der Waals surface area contributed by atoms with E-state index in [0.29, 0.717) is 18.7 Å². The van der Waals surface area contributed by atoms with Crippen molar-refractivity contribution in [3.05, 3.63) is 35.4 Å². The summed E-state index contributed by atoms with van der Waals surface area (Å²) in [5.41, 5.74) is 6.05. The van der Waals surface area contributed by atoms with Crippen LogP contribution in [-0.2, 0) is 0 Å². The predicted molar refractivity (Wildman–Crippen MR) is 73.3 cm³/mol. The molecular weight excluding hydrogens is 244 g/mol. The van der Waals surface area contributed by atoms with Gasteiger partial charge in [0.05, 0.1) is 5.56 Å². The quantitative estimate of drug-likeness (QED) is 0.622. The van der Waals surface area contributed by atoms with Crippen LogP contribution < -0.4 is 11.1 Å². The molecule has 0 aliphatic heterocycles. The summed E-state index contributed by atoms with van der Waals surface area (Å²) in [5, 5.41) is 11.6. The third-order valence-corrected chi connectivity index (χ3v) is 2.81. The molecule has 5 heteroatoms. The van der Waals surface area contributed by atoms with E-state index in [4.69, 9.17) is 10.8 Å². The van der Waals surface area contributed by atoms with Crippen LogP contribution >= 0.6 is 0 Å². The van der Waals surface area contributed by atoms with E-state index in [9.17, 15) is 9.59 Å². The molecule has 1 rings (SSSR count). The summed E-state index contributed by atoms with van der Waals surface area (Å²) in [6.07, 6.45) is 4.08. The standard InChI is InChI=1S/C14H20N2O3/c15-9-3-1-2-4-10-16-13(17)11-5-7-12(8-6-11)14(18)19/h5-8H,1-4,9-10,15H2,(H,16,17)(H,18,19). The minimum absolute atomic E-state index is 0.171. The van der Waals surface area contributed by atoms with Crippen molar-refractivity contribution in [2.75, 3.05) is 13.1 Å². The Hall–Kier alpha value is -1.88. The maximum Gasteiger partial charge on any atom is 0.335 e. The Bertz CT molecular complexity index is 415. The normalized spacial score (nSPS) is 10.2. The maximum atomic E-state index is 11.7. The van der Waals surface area contributed by atoms with Crippen LogP contribution in [0.2, 0.25) is 0 Å². The second-order valence-electron chi connectivity index (χ2n) is 4.34. The lowest BCUT2D eigenvalue weighted by molar-refractivity contribution is 0.0696. The number of rotatable bonds is 8. The fraction of sp³-hybridized carbons (Fsp3) is 0.429. The van der Waals surface area contributed by atoms with Gasteiger partial charge in [0.25, 0.3) is 5.91 Å².